The molecule has 1 fully saturated rings. The normalized spacial score (nSPS) is 14.7. The highest BCUT2D eigenvalue weighted by Crippen LogP contribution is 2.29. The van der Waals surface area contributed by atoms with Crippen molar-refractivity contribution < 1.29 is 0 Å². The fourth-order valence-corrected chi connectivity index (χ4v) is 4.43. The van der Waals surface area contributed by atoms with Gasteiger partial charge in [-0.05, 0) is 49.7 Å². The van der Waals surface area contributed by atoms with Crippen molar-refractivity contribution in [2.75, 3.05) is 36.0 Å². The van der Waals surface area contributed by atoms with E-state index in [-0.39, 0.29) is 5.56 Å². The summed E-state index contributed by atoms with van der Waals surface area (Å²) < 4.78 is 0. The molecule has 1 aromatic carbocycles. The second-order valence-corrected chi connectivity index (χ2v) is 8.40. The van der Waals surface area contributed by atoms with E-state index in [9.17, 15) is 4.79 Å². The quantitative estimate of drug-likeness (QED) is 0.472. The average Bonchev–Trinajstić information content (AvgIpc) is 2.99. The number of nitrogens with zero attached hydrogens (tertiary/aromatic N) is 4. The molecule has 6 nitrogen and oxygen atoms in total. The van der Waals surface area contributed by atoms with Crippen LogP contribution in [-0.4, -0.2) is 41.9 Å². The lowest BCUT2D eigenvalue weighted by Crippen LogP contribution is -2.46. The van der Waals surface area contributed by atoms with E-state index >= 15 is 0 Å². The van der Waals surface area contributed by atoms with Gasteiger partial charge in [0, 0.05) is 49.3 Å². The van der Waals surface area contributed by atoms with Crippen molar-refractivity contribution >= 4 is 22.9 Å². The zero-order chi connectivity index (χ0) is 22.8. The lowest BCUT2D eigenvalue weighted by Gasteiger charge is -2.36. The van der Waals surface area contributed by atoms with Crippen LogP contribution in [0, 0.1) is 6.92 Å². The Morgan fingerprint density at radius 1 is 0.939 bits per heavy atom. The summed E-state index contributed by atoms with van der Waals surface area (Å²) in [4.78, 5) is 29.7. The second-order valence-electron chi connectivity index (χ2n) is 8.40. The van der Waals surface area contributed by atoms with Gasteiger partial charge in [0.25, 0.3) is 5.56 Å². The molecule has 3 heterocycles. The maximum atomic E-state index is 12.7. The number of aliphatic imine (C=N–C) groups is 1. The molecule has 1 aliphatic carbocycles. The second kappa shape index (κ2) is 8.90. The van der Waals surface area contributed by atoms with Crippen LogP contribution in [-0.2, 0) is 0 Å². The molecule has 0 spiro atoms. The zero-order valence-corrected chi connectivity index (χ0v) is 19.0. The van der Waals surface area contributed by atoms with E-state index in [2.05, 4.69) is 51.0 Å². The number of nitrogens with one attached hydrogen (secondary N) is 1. The van der Waals surface area contributed by atoms with Gasteiger partial charge in [0.1, 0.15) is 5.82 Å². The Balaban J connectivity index is 1.40. The number of fused-ring (bicyclic) bond motifs is 1. The van der Waals surface area contributed by atoms with Crippen molar-refractivity contribution in [3.8, 4) is 11.3 Å². The van der Waals surface area contributed by atoms with Crippen LogP contribution in [0.15, 0.2) is 82.7 Å². The van der Waals surface area contributed by atoms with Gasteiger partial charge in [0.05, 0.1) is 17.0 Å². The number of anilines is 2. The Morgan fingerprint density at radius 3 is 2.48 bits per heavy atom. The molecule has 0 saturated carbocycles. The van der Waals surface area contributed by atoms with Crippen molar-refractivity contribution in [2.24, 2.45) is 4.99 Å². The minimum Gasteiger partial charge on any atom is -0.368 e. The summed E-state index contributed by atoms with van der Waals surface area (Å²) in [5.41, 5.74) is 6.11. The van der Waals surface area contributed by atoms with Gasteiger partial charge in [-0.25, -0.2) is 4.98 Å². The van der Waals surface area contributed by atoms with Crippen molar-refractivity contribution in [3.63, 3.8) is 0 Å². The Morgan fingerprint density at radius 2 is 1.70 bits per heavy atom. The molecule has 166 valence electrons. The van der Waals surface area contributed by atoms with Gasteiger partial charge in [0.15, 0.2) is 0 Å². The summed E-state index contributed by atoms with van der Waals surface area (Å²) in [6.45, 7) is 7.66. The summed E-state index contributed by atoms with van der Waals surface area (Å²) in [5, 5.41) is 0. The van der Waals surface area contributed by atoms with E-state index in [1.807, 2.05) is 55.6 Å². The largest absolute Gasteiger partial charge is 0.368 e. The van der Waals surface area contributed by atoms with Crippen molar-refractivity contribution in [3.05, 3.63) is 94.4 Å². The Bertz CT molecular complexity index is 1320. The first-order valence-electron chi connectivity index (χ1n) is 11.3. The third kappa shape index (κ3) is 4.24. The molecule has 0 atom stereocenters. The Hall–Kier alpha value is -3.93. The molecule has 0 radical (unpaired) electrons. The summed E-state index contributed by atoms with van der Waals surface area (Å²) in [6.07, 6.45) is 1.84. The maximum absolute atomic E-state index is 12.7. The van der Waals surface area contributed by atoms with Crippen LogP contribution < -0.4 is 15.4 Å². The third-order valence-electron chi connectivity index (χ3n) is 6.24. The van der Waals surface area contributed by atoms with Crippen LogP contribution in [0.4, 0.5) is 17.2 Å². The van der Waals surface area contributed by atoms with Crippen LogP contribution >= 0.6 is 0 Å². The first-order valence-corrected chi connectivity index (χ1v) is 11.3. The van der Waals surface area contributed by atoms with Gasteiger partial charge in [-0.15, -0.1) is 0 Å². The molecule has 0 amide bonds. The van der Waals surface area contributed by atoms with Crippen LogP contribution in [0.3, 0.4) is 0 Å². The Kier molecular flexibility index (Phi) is 5.65. The fourth-order valence-electron chi connectivity index (χ4n) is 4.43. The van der Waals surface area contributed by atoms with Gasteiger partial charge in [-0.1, -0.05) is 36.4 Å². The molecule has 3 aliphatic rings. The molecule has 1 aromatic heterocycles. The minimum absolute atomic E-state index is 0.100. The molecular formula is C27H27N5O. The van der Waals surface area contributed by atoms with Gasteiger partial charge in [-0.2, -0.15) is 0 Å². The molecule has 0 bridgehead atoms. The lowest BCUT2D eigenvalue weighted by molar-refractivity contribution is 0.647. The van der Waals surface area contributed by atoms with E-state index in [1.165, 1.54) is 0 Å². The van der Waals surface area contributed by atoms with Crippen molar-refractivity contribution in [1.29, 1.82) is 0 Å². The number of piperazine rings is 1. The number of H-pyrrole nitrogens is 1. The lowest BCUT2D eigenvalue weighted by atomic mass is 10.1. The molecule has 1 N–H and O–H groups in total. The summed E-state index contributed by atoms with van der Waals surface area (Å²) >= 11 is 0. The van der Waals surface area contributed by atoms with Crippen LogP contribution in [0.5, 0.6) is 0 Å². The summed E-state index contributed by atoms with van der Waals surface area (Å²) in [7, 11) is 0. The highest BCUT2D eigenvalue weighted by molar-refractivity contribution is 6.05. The maximum Gasteiger partial charge on any atom is 0.258 e. The van der Waals surface area contributed by atoms with Crippen LogP contribution in [0.25, 0.3) is 11.3 Å². The number of rotatable bonds is 4. The molecule has 1 saturated heterocycles. The molecular weight excluding hydrogens is 410 g/mol. The predicted molar refractivity (Wildman–Crippen MR) is 135 cm³/mol. The van der Waals surface area contributed by atoms with E-state index in [4.69, 9.17) is 4.99 Å². The first kappa shape index (κ1) is 20.9. The smallest absolute Gasteiger partial charge is 0.258 e. The first-order chi connectivity index (χ1) is 16.1. The summed E-state index contributed by atoms with van der Waals surface area (Å²) in [6, 6.07) is 22.2. The molecule has 5 rings (SSSR count). The van der Waals surface area contributed by atoms with Crippen LogP contribution in [0.1, 0.15) is 18.1 Å². The van der Waals surface area contributed by atoms with Gasteiger partial charge >= 0.3 is 0 Å². The predicted octanol–water partition coefficient (Wildman–Crippen LogP) is 4.65. The number of aromatic amines is 1. The topological polar surface area (TPSA) is 64.6 Å². The average molecular weight is 438 g/mol. The fraction of sp³-hybridized carbons (Fsp3) is 0.222. The van der Waals surface area contributed by atoms with Crippen molar-refractivity contribution in [1.82, 2.24) is 9.97 Å². The monoisotopic (exact) mass is 437 g/mol. The van der Waals surface area contributed by atoms with E-state index < -0.39 is 0 Å². The van der Waals surface area contributed by atoms with E-state index in [0.717, 1.165) is 65.9 Å². The number of aryl methyl sites for hydroxylation is 1. The number of aromatic nitrogens is 2. The van der Waals surface area contributed by atoms with Gasteiger partial charge < -0.3 is 14.8 Å². The van der Waals surface area contributed by atoms with E-state index in [0.29, 0.717) is 5.56 Å². The summed E-state index contributed by atoms with van der Waals surface area (Å²) in [5.74, 6) is 1.03. The highest BCUT2D eigenvalue weighted by Gasteiger charge is 2.20. The van der Waals surface area contributed by atoms with Gasteiger partial charge in [0.2, 0.25) is 0 Å². The number of benzene rings is 1. The van der Waals surface area contributed by atoms with Crippen LogP contribution in [0.2, 0.25) is 0 Å². The highest BCUT2D eigenvalue weighted by atomic mass is 16.1. The third-order valence-corrected chi connectivity index (χ3v) is 6.24. The zero-order valence-electron chi connectivity index (χ0n) is 19.0. The Labute approximate surface area is 193 Å². The molecule has 33 heavy (non-hydrogen) atoms. The SMILES string of the molecule is CC(=Nc1cc(N2CCN(c3ccccn3)CC2)ccc1C)c1c2cccccc-2[nH]c1=O. The number of hydrogen-bond donors (Lipinski definition) is 1. The molecule has 2 aliphatic heterocycles. The number of pyridine rings is 1. The van der Waals surface area contributed by atoms with Gasteiger partial charge in [-0.3, -0.25) is 9.79 Å². The number of hydrogen-bond acceptors (Lipinski definition) is 5. The standard InChI is InChI=1S/C27H27N5O/c1-19-11-12-21(31-14-16-32(17-15-31)25-10-6-7-13-28-25)18-24(19)29-20(2)26-22-8-4-3-5-9-23(22)30-27(26)33/h3-13,18H,14-17H2,1-2H3,(H,30,33). The van der Waals surface area contributed by atoms with Crippen molar-refractivity contribution in [2.45, 2.75) is 13.8 Å². The molecule has 2 aromatic rings. The van der Waals surface area contributed by atoms with E-state index in [1.54, 1.807) is 0 Å². The molecule has 0 unspecified atom stereocenters. The minimum atomic E-state index is -0.100. The molecule has 6 heteroatoms.